The molecule has 0 aromatic heterocycles. The summed E-state index contributed by atoms with van der Waals surface area (Å²) in [5, 5.41) is 6.16. The molecule has 1 unspecified atom stereocenters. The Morgan fingerprint density at radius 1 is 1.08 bits per heavy atom. The topological polar surface area (TPSA) is 50.4 Å². The highest BCUT2D eigenvalue weighted by Crippen LogP contribution is 2.27. The molecule has 1 heterocycles. The molecule has 0 saturated carbocycles. The van der Waals surface area contributed by atoms with E-state index in [1.54, 1.807) is 0 Å². The van der Waals surface area contributed by atoms with E-state index in [1.165, 1.54) is 0 Å². The Labute approximate surface area is 149 Å². The van der Waals surface area contributed by atoms with Gasteiger partial charge in [0.1, 0.15) is 0 Å². The van der Waals surface area contributed by atoms with Crippen LogP contribution in [0.2, 0.25) is 0 Å². The summed E-state index contributed by atoms with van der Waals surface area (Å²) >= 11 is 0. The molecule has 5 heteroatoms. The fourth-order valence-corrected chi connectivity index (χ4v) is 2.81. The highest BCUT2D eigenvalue weighted by Gasteiger charge is 2.15. The zero-order valence-electron chi connectivity index (χ0n) is 13.5. The van der Waals surface area contributed by atoms with Gasteiger partial charge in [0.25, 0.3) is 0 Å². The molecule has 0 bridgehead atoms. The summed E-state index contributed by atoms with van der Waals surface area (Å²) in [4.78, 5) is 12.2. The molecule has 24 heavy (non-hydrogen) atoms. The van der Waals surface area contributed by atoms with Crippen LogP contribution in [-0.4, -0.2) is 31.7 Å². The maximum atomic E-state index is 12.2. The molecule has 1 aliphatic heterocycles. The van der Waals surface area contributed by atoms with Gasteiger partial charge in [0.15, 0.2) is 0 Å². The van der Waals surface area contributed by atoms with Crippen LogP contribution in [0.1, 0.15) is 12.8 Å². The molecule has 2 N–H and O–H groups in total. The van der Waals surface area contributed by atoms with Crippen molar-refractivity contribution in [2.24, 2.45) is 0 Å². The minimum absolute atomic E-state index is 0. The quantitative estimate of drug-likeness (QED) is 0.842. The van der Waals surface area contributed by atoms with Crippen LogP contribution in [0.4, 0.5) is 5.69 Å². The van der Waals surface area contributed by atoms with Crippen molar-refractivity contribution in [3.8, 4) is 11.1 Å². The smallest absolute Gasteiger partial charge is 0.238 e. The van der Waals surface area contributed by atoms with E-state index in [0.29, 0.717) is 6.54 Å². The van der Waals surface area contributed by atoms with Gasteiger partial charge in [0, 0.05) is 24.4 Å². The predicted molar refractivity (Wildman–Crippen MR) is 99.6 cm³/mol. The van der Waals surface area contributed by atoms with Gasteiger partial charge in [-0.15, -0.1) is 12.4 Å². The molecule has 0 spiro atoms. The Morgan fingerprint density at radius 2 is 1.83 bits per heavy atom. The number of benzene rings is 2. The number of anilines is 1. The third-order valence-electron chi connectivity index (χ3n) is 3.97. The van der Waals surface area contributed by atoms with Gasteiger partial charge in [-0.1, -0.05) is 48.5 Å². The molecule has 1 atom stereocenters. The Bertz CT molecular complexity index is 643. The molecular formula is C19H23ClN2O2. The first kappa shape index (κ1) is 18.5. The maximum Gasteiger partial charge on any atom is 0.238 e. The van der Waals surface area contributed by atoms with E-state index in [2.05, 4.69) is 10.6 Å². The van der Waals surface area contributed by atoms with Gasteiger partial charge in [0.05, 0.1) is 12.6 Å². The number of carbonyl (C=O) groups excluding carboxylic acids is 1. The third kappa shape index (κ3) is 5.06. The van der Waals surface area contributed by atoms with Crippen LogP contribution < -0.4 is 10.6 Å². The SMILES string of the molecule is Cl.O=C(CNCC1CCCO1)Nc1ccccc1-c1ccccc1. The van der Waals surface area contributed by atoms with Crippen molar-refractivity contribution in [3.63, 3.8) is 0 Å². The van der Waals surface area contributed by atoms with Crippen LogP contribution in [0.3, 0.4) is 0 Å². The first-order chi connectivity index (χ1) is 11.3. The van der Waals surface area contributed by atoms with Gasteiger partial charge in [-0.05, 0) is 24.5 Å². The van der Waals surface area contributed by atoms with Crippen molar-refractivity contribution in [3.05, 3.63) is 54.6 Å². The standard InChI is InChI=1S/C19H22N2O2.ClH/c22-19(14-20-13-16-9-6-12-23-16)21-18-11-5-4-10-17(18)15-7-2-1-3-8-15;/h1-5,7-8,10-11,16,20H,6,9,12-14H2,(H,21,22);1H. The highest BCUT2D eigenvalue weighted by atomic mass is 35.5. The van der Waals surface area contributed by atoms with Gasteiger partial charge in [-0.25, -0.2) is 0 Å². The van der Waals surface area contributed by atoms with E-state index >= 15 is 0 Å². The normalized spacial score (nSPS) is 16.4. The van der Waals surface area contributed by atoms with Crippen LogP contribution in [0.25, 0.3) is 11.1 Å². The van der Waals surface area contributed by atoms with E-state index < -0.39 is 0 Å². The molecule has 2 aromatic carbocycles. The molecular weight excluding hydrogens is 324 g/mol. The van der Waals surface area contributed by atoms with Gasteiger partial charge >= 0.3 is 0 Å². The molecule has 0 radical (unpaired) electrons. The van der Waals surface area contributed by atoms with Crippen molar-refractivity contribution in [1.29, 1.82) is 0 Å². The summed E-state index contributed by atoms with van der Waals surface area (Å²) in [6.07, 6.45) is 2.44. The Hall–Kier alpha value is -1.88. The number of nitrogens with one attached hydrogen (secondary N) is 2. The number of carbonyl (C=O) groups is 1. The van der Waals surface area contributed by atoms with E-state index in [0.717, 1.165) is 42.8 Å². The minimum atomic E-state index is -0.0358. The summed E-state index contributed by atoms with van der Waals surface area (Å²) in [6.45, 7) is 1.86. The number of halogens is 1. The summed E-state index contributed by atoms with van der Waals surface area (Å²) in [5.74, 6) is -0.0358. The van der Waals surface area contributed by atoms with Gasteiger partial charge in [-0.3, -0.25) is 4.79 Å². The minimum Gasteiger partial charge on any atom is -0.377 e. The van der Waals surface area contributed by atoms with E-state index in [-0.39, 0.29) is 24.4 Å². The monoisotopic (exact) mass is 346 g/mol. The molecule has 1 fully saturated rings. The lowest BCUT2D eigenvalue weighted by Crippen LogP contribution is -2.33. The first-order valence-electron chi connectivity index (χ1n) is 8.09. The number of rotatable bonds is 6. The van der Waals surface area contributed by atoms with E-state index in [1.807, 2.05) is 54.6 Å². The fraction of sp³-hybridized carbons (Fsp3) is 0.316. The Morgan fingerprint density at radius 3 is 2.58 bits per heavy atom. The number of hydrogen-bond acceptors (Lipinski definition) is 3. The summed E-state index contributed by atoms with van der Waals surface area (Å²) in [7, 11) is 0. The first-order valence-corrected chi connectivity index (χ1v) is 8.09. The molecule has 4 nitrogen and oxygen atoms in total. The Balaban J connectivity index is 0.00000208. The molecule has 3 rings (SSSR count). The molecule has 2 aromatic rings. The molecule has 0 aliphatic carbocycles. The van der Waals surface area contributed by atoms with Crippen LogP contribution in [0.15, 0.2) is 54.6 Å². The van der Waals surface area contributed by atoms with Gasteiger partial charge < -0.3 is 15.4 Å². The van der Waals surface area contributed by atoms with Gasteiger partial charge in [-0.2, -0.15) is 0 Å². The van der Waals surface area contributed by atoms with Gasteiger partial charge in [0.2, 0.25) is 5.91 Å². The lowest BCUT2D eigenvalue weighted by Gasteiger charge is -2.13. The van der Waals surface area contributed by atoms with Crippen molar-refractivity contribution in [2.75, 3.05) is 25.0 Å². The number of para-hydroxylation sites is 1. The van der Waals surface area contributed by atoms with Crippen LogP contribution in [-0.2, 0) is 9.53 Å². The second-order valence-corrected chi connectivity index (χ2v) is 5.73. The average Bonchev–Trinajstić information content (AvgIpc) is 3.09. The van der Waals surface area contributed by atoms with Crippen LogP contribution >= 0.6 is 12.4 Å². The zero-order valence-corrected chi connectivity index (χ0v) is 14.4. The lowest BCUT2D eigenvalue weighted by atomic mass is 10.0. The summed E-state index contributed by atoms with van der Waals surface area (Å²) in [6, 6.07) is 17.9. The van der Waals surface area contributed by atoms with Crippen LogP contribution in [0, 0.1) is 0 Å². The summed E-state index contributed by atoms with van der Waals surface area (Å²) < 4.78 is 5.54. The second kappa shape index (κ2) is 9.42. The summed E-state index contributed by atoms with van der Waals surface area (Å²) in [5.41, 5.74) is 2.96. The molecule has 128 valence electrons. The zero-order chi connectivity index (χ0) is 15.9. The molecule has 1 aliphatic rings. The highest BCUT2D eigenvalue weighted by molar-refractivity contribution is 5.96. The fourth-order valence-electron chi connectivity index (χ4n) is 2.81. The number of amides is 1. The van der Waals surface area contributed by atoms with Crippen molar-refractivity contribution < 1.29 is 9.53 Å². The number of hydrogen-bond donors (Lipinski definition) is 2. The maximum absolute atomic E-state index is 12.2. The lowest BCUT2D eigenvalue weighted by molar-refractivity contribution is -0.115. The van der Waals surface area contributed by atoms with E-state index in [9.17, 15) is 4.79 Å². The third-order valence-corrected chi connectivity index (χ3v) is 3.97. The second-order valence-electron chi connectivity index (χ2n) is 5.73. The molecule has 1 saturated heterocycles. The van der Waals surface area contributed by atoms with Crippen LogP contribution in [0.5, 0.6) is 0 Å². The molecule has 1 amide bonds. The van der Waals surface area contributed by atoms with Crippen molar-refractivity contribution >= 4 is 24.0 Å². The van der Waals surface area contributed by atoms with Crippen molar-refractivity contribution in [1.82, 2.24) is 5.32 Å². The Kier molecular flexibility index (Phi) is 7.25. The number of ether oxygens (including phenoxy) is 1. The average molecular weight is 347 g/mol. The van der Waals surface area contributed by atoms with E-state index in [4.69, 9.17) is 4.74 Å². The predicted octanol–water partition coefficient (Wildman–Crippen LogP) is 3.48. The van der Waals surface area contributed by atoms with Crippen molar-refractivity contribution in [2.45, 2.75) is 18.9 Å². The largest absolute Gasteiger partial charge is 0.377 e.